The highest BCUT2D eigenvalue weighted by atomic mass is 32.2. The van der Waals surface area contributed by atoms with Gasteiger partial charge >= 0.3 is 0 Å². The number of carbonyl (C=O) groups excluding carboxylic acids is 1. The normalized spacial score (nSPS) is 10.9. The molecule has 0 fully saturated rings. The van der Waals surface area contributed by atoms with E-state index in [1.165, 1.54) is 17.3 Å². The van der Waals surface area contributed by atoms with Crippen LogP contribution in [-0.4, -0.2) is 43.3 Å². The van der Waals surface area contributed by atoms with E-state index < -0.39 is 0 Å². The Balaban J connectivity index is 1.48. The second-order valence-corrected chi connectivity index (χ2v) is 9.01. The third kappa shape index (κ3) is 5.30. The quantitative estimate of drug-likeness (QED) is 0.264. The summed E-state index contributed by atoms with van der Waals surface area (Å²) < 4.78 is 9.03. The molecule has 0 saturated heterocycles. The van der Waals surface area contributed by atoms with Gasteiger partial charge in [0.15, 0.2) is 11.0 Å². The van der Waals surface area contributed by atoms with Crippen molar-refractivity contribution in [3.8, 4) is 22.8 Å². The number of aromatic nitrogens is 5. The van der Waals surface area contributed by atoms with Crippen LogP contribution in [0.2, 0.25) is 0 Å². The van der Waals surface area contributed by atoms with E-state index in [1.807, 2.05) is 78.6 Å². The summed E-state index contributed by atoms with van der Waals surface area (Å²) in [5.74, 6) is 1.53. The molecule has 35 heavy (non-hydrogen) atoms. The van der Waals surface area contributed by atoms with Crippen molar-refractivity contribution in [3.63, 3.8) is 0 Å². The third-order valence-electron chi connectivity index (χ3n) is 5.54. The van der Waals surface area contributed by atoms with E-state index in [0.29, 0.717) is 17.5 Å². The number of benzene rings is 2. The van der Waals surface area contributed by atoms with Gasteiger partial charge in [-0.2, -0.15) is 5.10 Å². The first-order valence-corrected chi connectivity index (χ1v) is 12.1. The largest absolute Gasteiger partial charge is 0.497 e. The fourth-order valence-electron chi connectivity index (χ4n) is 3.71. The number of anilines is 1. The first kappa shape index (κ1) is 24.3. The van der Waals surface area contributed by atoms with Crippen LogP contribution in [0.5, 0.6) is 5.75 Å². The fourth-order valence-corrected chi connectivity index (χ4v) is 4.46. The molecule has 8 nitrogen and oxygen atoms in total. The number of hydrogen-bond acceptors (Lipinski definition) is 6. The van der Waals surface area contributed by atoms with Gasteiger partial charge < -0.3 is 10.1 Å². The summed E-state index contributed by atoms with van der Waals surface area (Å²) in [7, 11) is 1.63. The number of rotatable bonds is 9. The molecule has 0 saturated carbocycles. The predicted molar refractivity (Wildman–Crippen MR) is 139 cm³/mol. The van der Waals surface area contributed by atoms with Crippen molar-refractivity contribution in [2.45, 2.75) is 32.5 Å². The van der Waals surface area contributed by atoms with E-state index in [2.05, 4.69) is 27.2 Å². The standard InChI is InChI=1S/C26H28N6O2S/c1-6-15-31-25(20-9-13-22(34-5)14-10-20)28-29-26(31)35-16-23(33)27-24-18(3)30-32(19(24)4)21-11-7-17(2)8-12-21/h6-14H,1,15-16H2,2-5H3,(H,27,33). The van der Waals surface area contributed by atoms with Crippen molar-refractivity contribution in [3.05, 3.63) is 78.1 Å². The number of allylic oxidation sites excluding steroid dienone is 1. The van der Waals surface area contributed by atoms with E-state index >= 15 is 0 Å². The summed E-state index contributed by atoms with van der Waals surface area (Å²) in [5.41, 5.74) is 5.41. The number of thioether (sulfide) groups is 1. The molecule has 2 aromatic heterocycles. The van der Waals surface area contributed by atoms with Gasteiger partial charge in [0, 0.05) is 12.1 Å². The fraction of sp³-hybridized carbons (Fsp3) is 0.231. The molecule has 0 aliphatic carbocycles. The van der Waals surface area contributed by atoms with Gasteiger partial charge in [-0.3, -0.25) is 9.36 Å². The minimum atomic E-state index is -0.135. The lowest BCUT2D eigenvalue weighted by atomic mass is 10.2. The van der Waals surface area contributed by atoms with Crippen LogP contribution in [0, 0.1) is 20.8 Å². The summed E-state index contributed by atoms with van der Waals surface area (Å²) in [6.07, 6.45) is 1.78. The minimum Gasteiger partial charge on any atom is -0.497 e. The smallest absolute Gasteiger partial charge is 0.234 e. The topological polar surface area (TPSA) is 86.9 Å². The van der Waals surface area contributed by atoms with E-state index in [4.69, 9.17) is 4.74 Å². The van der Waals surface area contributed by atoms with E-state index in [-0.39, 0.29) is 11.7 Å². The highest BCUT2D eigenvalue weighted by Crippen LogP contribution is 2.27. The highest BCUT2D eigenvalue weighted by Gasteiger charge is 2.18. The number of amides is 1. The maximum atomic E-state index is 12.8. The number of hydrogen-bond donors (Lipinski definition) is 1. The SMILES string of the molecule is C=CCn1c(SCC(=O)Nc2c(C)nn(-c3ccc(C)cc3)c2C)nnc1-c1ccc(OC)cc1. The molecule has 0 spiro atoms. The molecule has 180 valence electrons. The number of ether oxygens (including phenoxy) is 1. The predicted octanol–water partition coefficient (Wildman–Crippen LogP) is 4.98. The lowest BCUT2D eigenvalue weighted by molar-refractivity contribution is -0.113. The van der Waals surface area contributed by atoms with Crippen LogP contribution < -0.4 is 10.1 Å². The van der Waals surface area contributed by atoms with E-state index in [9.17, 15) is 4.79 Å². The number of methoxy groups -OCH3 is 1. The summed E-state index contributed by atoms with van der Waals surface area (Å²) >= 11 is 1.33. The summed E-state index contributed by atoms with van der Waals surface area (Å²) in [6.45, 7) is 10.3. The zero-order chi connectivity index (χ0) is 24.9. The van der Waals surface area contributed by atoms with Crippen LogP contribution in [0.25, 0.3) is 17.1 Å². The summed E-state index contributed by atoms with van der Waals surface area (Å²) in [6, 6.07) is 15.7. The van der Waals surface area contributed by atoms with Crippen LogP contribution in [0.1, 0.15) is 17.0 Å². The average molecular weight is 489 g/mol. The molecule has 2 heterocycles. The van der Waals surface area contributed by atoms with Crippen molar-refractivity contribution in [2.24, 2.45) is 0 Å². The molecule has 9 heteroatoms. The molecule has 1 amide bonds. The van der Waals surface area contributed by atoms with Gasteiger partial charge in [-0.05, 0) is 57.2 Å². The molecule has 0 unspecified atom stereocenters. The highest BCUT2D eigenvalue weighted by molar-refractivity contribution is 7.99. The van der Waals surface area contributed by atoms with Gasteiger partial charge in [0.2, 0.25) is 5.91 Å². The Hall–Kier alpha value is -3.85. The van der Waals surface area contributed by atoms with Crippen molar-refractivity contribution in [1.29, 1.82) is 0 Å². The van der Waals surface area contributed by atoms with Gasteiger partial charge in [-0.15, -0.1) is 16.8 Å². The molecular weight excluding hydrogens is 460 g/mol. The van der Waals surface area contributed by atoms with Crippen molar-refractivity contribution in [1.82, 2.24) is 24.5 Å². The number of nitrogens with zero attached hydrogens (tertiary/aromatic N) is 5. The van der Waals surface area contributed by atoms with Crippen LogP contribution in [0.15, 0.2) is 66.3 Å². The Morgan fingerprint density at radius 3 is 2.46 bits per heavy atom. The molecule has 0 atom stereocenters. The van der Waals surface area contributed by atoms with Gasteiger partial charge in [0.25, 0.3) is 0 Å². The van der Waals surface area contributed by atoms with Crippen LogP contribution in [-0.2, 0) is 11.3 Å². The molecule has 4 aromatic rings. The maximum Gasteiger partial charge on any atom is 0.234 e. The van der Waals surface area contributed by atoms with Crippen LogP contribution in [0.3, 0.4) is 0 Å². The monoisotopic (exact) mass is 488 g/mol. The maximum absolute atomic E-state index is 12.8. The van der Waals surface area contributed by atoms with Gasteiger partial charge in [-0.1, -0.05) is 35.5 Å². The zero-order valence-corrected chi connectivity index (χ0v) is 21.1. The Morgan fingerprint density at radius 1 is 1.09 bits per heavy atom. The average Bonchev–Trinajstić information content (AvgIpc) is 3.39. The molecule has 0 aliphatic rings. The molecule has 0 bridgehead atoms. The Bertz CT molecular complexity index is 1340. The Labute approximate surface area is 209 Å². The lowest BCUT2D eigenvalue weighted by Gasteiger charge is -2.09. The van der Waals surface area contributed by atoms with Gasteiger partial charge in [0.05, 0.1) is 35.6 Å². The minimum absolute atomic E-state index is 0.135. The molecule has 2 aromatic carbocycles. The summed E-state index contributed by atoms with van der Waals surface area (Å²) in [4.78, 5) is 12.8. The van der Waals surface area contributed by atoms with Gasteiger partial charge in [-0.25, -0.2) is 4.68 Å². The third-order valence-corrected chi connectivity index (χ3v) is 6.51. The van der Waals surface area contributed by atoms with Crippen LogP contribution >= 0.6 is 11.8 Å². The first-order chi connectivity index (χ1) is 16.9. The van der Waals surface area contributed by atoms with E-state index in [1.54, 1.807) is 13.2 Å². The van der Waals surface area contributed by atoms with Crippen molar-refractivity contribution in [2.75, 3.05) is 18.2 Å². The van der Waals surface area contributed by atoms with Gasteiger partial charge in [0.1, 0.15) is 5.75 Å². The second kappa shape index (κ2) is 10.6. The Kier molecular flexibility index (Phi) is 7.36. The van der Waals surface area contributed by atoms with Crippen molar-refractivity contribution < 1.29 is 9.53 Å². The Morgan fingerprint density at radius 2 is 1.80 bits per heavy atom. The van der Waals surface area contributed by atoms with Crippen molar-refractivity contribution >= 4 is 23.4 Å². The summed E-state index contributed by atoms with van der Waals surface area (Å²) in [5, 5.41) is 17.0. The zero-order valence-electron chi connectivity index (χ0n) is 20.3. The molecular formula is C26H28N6O2S. The first-order valence-electron chi connectivity index (χ1n) is 11.2. The number of nitrogens with one attached hydrogen (secondary N) is 1. The number of carbonyl (C=O) groups is 1. The number of aryl methyl sites for hydroxylation is 2. The molecule has 0 aliphatic heterocycles. The van der Waals surface area contributed by atoms with E-state index in [0.717, 1.165) is 34.1 Å². The van der Waals surface area contributed by atoms with Crippen LogP contribution in [0.4, 0.5) is 5.69 Å². The second-order valence-electron chi connectivity index (χ2n) is 8.06. The molecule has 0 radical (unpaired) electrons. The molecule has 1 N–H and O–H groups in total. The molecule has 4 rings (SSSR count). The lowest BCUT2D eigenvalue weighted by Crippen LogP contribution is -2.16.